The Labute approximate surface area is 109 Å². The molecule has 2 N–H and O–H groups in total. The van der Waals surface area contributed by atoms with Crippen molar-refractivity contribution in [3.05, 3.63) is 41.5 Å². The van der Waals surface area contributed by atoms with Crippen molar-refractivity contribution in [3.63, 3.8) is 0 Å². The van der Waals surface area contributed by atoms with E-state index < -0.39 is 0 Å². The lowest BCUT2D eigenvalue weighted by Gasteiger charge is -2.01. The zero-order valence-electron chi connectivity index (χ0n) is 10.8. The number of hydrogen-bond acceptors (Lipinski definition) is 3. The molecule has 98 valence electrons. The molecule has 0 amide bonds. The summed E-state index contributed by atoms with van der Waals surface area (Å²) in [5.41, 5.74) is 7.85. The van der Waals surface area contributed by atoms with Crippen LogP contribution < -0.4 is 5.73 Å². The lowest BCUT2D eigenvalue weighted by Crippen LogP contribution is -2.03. The van der Waals surface area contributed by atoms with Crippen molar-refractivity contribution < 1.29 is 4.39 Å². The van der Waals surface area contributed by atoms with Crippen molar-refractivity contribution in [2.45, 2.75) is 13.5 Å². The largest absolute Gasteiger partial charge is 0.325 e. The molecule has 2 heterocycles. The van der Waals surface area contributed by atoms with E-state index in [1.54, 1.807) is 27.3 Å². The van der Waals surface area contributed by atoms with Crippen molar-refractivity contribution in [1.29, 1.82) is 0 Å². The Bertz CT molecular complexity index is 756. The summed E-state index contributed by atoms with van der Waals surface area (Å²) >= 11 is 0. The van der Waals surface area contributed by atoms with E-state index in [9.17, 15) is 4.39 Å². The lowest BCUT2D eigenvalue weighted by atomic mass is 10.2. The van der Waals surface area contributed by atoms with Gasteiger partial charge >= 0.3 is 0 Å². The smallest absolute Gasteiger partial charge is 0.232 e. The number of nitrogens with zero attached hydrogens (tertiary/aromatic N) is 4. The second kappa shape index (κ2) is 4.17. The molecule has 3 rings (SSSR count). The first kappa shape index (κ1) is 11.9. The predicted molar refractivity (Wildman–Crippen MR) is 70.0 cm³/mol. The summed E-state index contributed by atoms with van der Waals surface area (Å²) < 4.78 is 17.3. The molecule has 0 aliphatic heterocycles. The molecule has 0 atom stereocenters. The number of hydrogen-bond donors (Lipinski definition) is 1. The van der Waals surface area contributed by atoms with Crippen LogP contribution in [0.4, 0.5) is 4.39 Å². The van der Waals surface area contributed by atoms with Crippen LogP contribution in [0.1, 0.15) is 11.4 Å². The van der Waals surface area contributed by atoms with Gasteiger partial charge in [-0.2, -0.15) is 4.52 Å². The molecule has 19 heavy (non-hydrogen) atoms. The Balaban J connectivity index is 2.30. The van der Waals surface area contributed by atoms with Crippen LogP contribution >= 0.6 is 0 Å². The zero-order chi connectivity index (χ0) is 13.6. The third kappa shape index (κ3) is 1.64. The highest BCUT2D eigenvalue weighted by atomic mass is 19.1. The normalized spacial score (nSPS) is 11.4. The fraction of sp³-hybridized carbons (Fsp3) is 0.231. The van der Waals surface area contributed by atoms with E-state index in [-0.39, 0.29) is 5.82 Å². The first-order valence-corrected chi connectivity index (χ1v) is 5.99. The molecule has 0 fully saturated rings. The molecular weight excluding hydrogens is 245 g/mol. The molecule has 0 saturated carbocycles. The quantitative estimate of drug-likeness (QED) is 0.761. The number of rotatable bonds is 2. The number of aryl methyl sites for hydroxylation is 2. The minimum atomic E-state index is -0.301. The van der Waals surface area contributed by atoms with Gasteiger partial charge in [-0.3, -0.25) is 4.57 Å². The summed E-state index contributed by atoms with van der Waals surface area (Å²) in [5, 5.41) is 4.43. The molecule has 0 saturated heterocycles. The topological polar surface area (TPSA) is 61.1 Å². The van der Waals surface area contributed by atoms with Gasteiger partial charge in [-0.15, -0.1) is 5.10 Å². The Hall–Kier alpha value is -2.21. The minimum absolute atomic E-state index is 0.301. The van der Waals surface area contributed by atoms with Crippen LogP contribution in [0.5, 0.6) is 0 Å². The standard InChI is InChI=1S/C13H14FN5/c1-8-11(7-15)19-13(16-8)18(2)12(17-19)9-5-3-4-6-10(9)14/h3-6H,7,15H2,1-2H3. The number of imidazole rings is 1. The van der Waals surface area contributed by atoms with E-state index in [1.807, 2.05) is 14.0 Å². The monoisotopic (exact) mass is 259 g/mol. The maximum Gasteiger partial charge on any atom is 0.232 e. The van der Waals surface area contributed by atoms with E-state index in [0.29, 0.717) is 23.7 Å². The molecule has 0 bridgehead atoms. The molecule has 6 heteroatoms. The summed E-state index contributed by atoms with van der Waals surface area (Å²) in [4.78, 5) is 4.42. The lowest BCUT2D eigenvalue weighted by molar-refractivity contribution is 0.628. The van der Waals surface area contributed by atoms with Crippen LogP contribution in [0.15, 0.2) is 24.3 Å². The molecule has 1 aromatic carbocycles. The first-order chi connectivity index (χ1) is 9.13. The van der Waals surface area contributed by atoms with E-state index in [2.05, 4.69) is 10.1 Å². The summed E-state index contributed by atoms with van der Waals surface area (Å²) in [7, 11) is 1.82. The molecule has 2 aromatic heterocycles. The van der Waals surface area contributed by atoms with Gasteiger partial charge in [-0.1, -0.05) is 12.1 Å². The molecule has 0 radical (unpaired) electrons. The van der Waals surface area contributed by atoms with Crippen LogP contribution in [-0.4, -0.2) is 19.2 Å². The van der Waals surface area contributed by atoms with Gasteiger partial charge in [0.1, 0.15) is 5.82 Å². The predicted octanol–water partition coefficient (Wildman–Crippen LogP) is 1.64. The Kier molecular flexibility index (Phi) is 2.60. The van der Waals surface area contributed by atoms with E-state index in [4.69, 9.17) is 5.73 Å². The average molecular weight is 259 g/mol. The Morgan fingerprint density at radius 1 is 1.32 bits per heavy atom. The van der Waals surface area contributed by atoms with Crippen molar-refractivity contribution in [2.24, 2.45) is 12.8 Å². The molecule has 0 aliphatic carbocycles. The van der Waals surface area contributed by atoms with Crippen LogP contribution in [0.3, 0.4) is 0 Å². The van der Waals surface area contributed by atoms with Crippen LogP contribution in [0.25, 0.3) is 17.2 Å². The number of halogens is 1. The third-order valence-electron chi connectivity index (χ3n) is 3.25. The summed E-state index contributed by atoms with van der Waals surface area (Å²) in [6.45, 7) is 2.24. The van der Waals surface area contributed by atoms with E-state index >= 15 is 0 Å². The van der Waals surface area contributed by atoms with E-state index in [0.717, 1.165) is 11.4 Å². The molecule has 0 aliphatic rings. The number of benzene rings is 1. The van der Waals surface area contributed by atoms with Crippen molar-refractivity contribution in [3.8, 4) is 11.4 Å². The van der Waals surface area contributed by atoms with Crippen LogP contribution in [0.2, 0.25) is 0 Å². The van der Waals surface area contributed by atoms with Crippen LogP contribution in [0, 0.1) is 12.7 Å². The number of fused-ring (bicyclic) bond motifs is 1. The van der Waals surface area contributed by atoms with Crippen LogP contribution in [-0.2, 0) is 13.6 Å². The van der Waals surface area contributed by atoms with Gasteiger partial charge in [0.15, 0.2) is 5.82 Å². The van der Waals surface area contributed by atoms with E-state index in [1.165, 1.54) is 6.07 Å². The summed E-state index contributed by atoms with van der Waals surface area (Å²) in [5.74, 6) is 0.899. The SMILES string of the molecule is Cc1nc2n(C)c(-c3ccccc3F)nn2c1CN. The van der Waals surface area contributed by atoms with Gasteiger partial charge in [0, 0.05) is 13.6 Å². The molecule has 3 aromatic rings. The highest BCUT2D eigenvalue weighted by molar-refractivity contribution is 5.59. The Morgan fingerprint density at radius 2 is 2.05 bits per heavy atom. The highest BCUT2D eigenvalue weighted by Crippen LogP contribution is 2.23. The Morgan fingerprint density at radius 3 is 2.74 bits per heavy atom. The number of aromatic nitrogens is 4. The van der Waals surface area contributed by atoms with Crippen molar-refractivity contribution in [2.75, 3.05) is 0 Å². The summed E-state index contributed by atoms with van der Waals surface area (Å²) in [6.07, 6.45) is 0. The van der Waals surface area contributed by atoms with Gasteiger partial charge < -0.3 is 5.73 Å². The maximum atomic E-state index is 13.8. The van der Waals surface area contributed by atoms with Gasteiger partial charge in [0.05, 0.1) is 17.0 Å². The van der Waals surface area contributed by atoms with Crippen molar-refractivity contribution in [1.82, 2.24) is 19.2 Å². The second-order valence-corrected chi connectivity index (χ2v) is 4.42. The van der Waals surface area contributed by atoms with Gasteiger partial charge in [0.2, 0.25) is 5.78 Å². The highest BCUT2D eigenvalue weighted by Gasteiger charge is 2.18. The molecular formula is C13H14FN5. The molecule has 5 nitrogen and oxygen atoms in total. The van der Waals surface area contributed by atoms with Gasteiger partial charge in [-0.05, 0) is 19.1 Å². The zero-order valence-corrected chi connectivity index (χ0v) is 10.8. The van der Waals surface area contributed by atoms with Gasteiger partial charge in [0.25, 0.3) is 0 Å². The maximum absolute atomic E-state index is 13.8. The molecule has 0 spiro atoms. The third-order valence-corrected chi connectivity index (χ3v) is 3.25. The fourth-order valence-corrected chi connectivity index (χ4v) is 2.23. The fourth-order valence-electron chi connectivity index (χ4n) is 2.23. The minimum Gasteiger partial charge on any atom is -0.325 e. The van der Waals surface area contributed by atoms with Gasteiger partial charge in [-0.25, -0.2) is 9.37 Å². The average Bonchev–Trinajstić information content (AvgIpc) is 2.87. The summed E-state index contributed by atoms with van der Waals surface area (Å²) in [6, 6.07) is 6.56. The molecule has 0 unspecified atom stereocenters. The second-order valence-electron chi connectivity index (χ2n) is 4.42. The van der Waals surface area contributed by atoms with Crippen molar-refractivity contribution >= 4 is 5.78 Å². The number of nitrogens with two attached hydrogens (primary N) is 1. The first-order valence-electron chi connectivity index (χ1n) is 5.99.